The molecule has 0 saturated carbocycles. The van der Waals surface area contributed by atoms with Gasteiger partial charge in [0.25, 0.3) is 0 Å². The summed E-state index contributed by atoms with van der Waals surface area (Å²) in [7, 11) is 0. The molecule has 0 saturated heterocycles. The molecule has 0 atom stereocenters. The lowest BCUT2D eigenvalue weighted by molar-refractivity contribution is -0.0497. The van der Waals surface area contributed by atoms with Gasteiger partial charge in [0.1, 0.15) is 11.3 Å². The van der Waals surface area contributed by atoms with Crippen molar-refractivity contribution in [2.24, 2.45) is 0 Å². The molecule has 2 rings (SSSR count). The van der Waals surface area contributed by atoms with Crippen molar-refractivity contribution in [1.29, 1.82) is 0 Å². The van der Waals surface area contributed by atoms with E-state index in [9.17, 15) is 8.78 Å². The number of nitrogens with one attached hydrogen (secondary N) is 1. The van der Waals surface area contributed by atoms with Gasteiger partial charge in [0, 0.05) is 24.1 Å². The smallest absolute Gasteiger partial charge is 0.387 e. The van der Waals surface area contributed by atoms with Crippen LogP contribution in [-0.4, -0.2) is 13.2 Å². The highest BCUT2D eigenvalue weighted by Gasteiger charge is 2.07. The summed E-state index contributed by atoms with van der Waals surface area (Å²) >= 11 is 0. The lowest BCUT2D eigenvalue weighted by atomic mass is 10.2. The Hall–Kier alpha value is -1.78. The quantitative estimate of drug-likeness (QED) is 0.868. The lowest BCUT2D eigenvalue weighted by Gasteiger charge is -2.02. The molecule has 3 nitrogen and oxygen atoms in total. The predicted octanol–water partition coefficient (Wildman–Crippen LogP) is 3.47. The Balaban J connectivity index is 2.30. The van der Waals surface area contributed by atoms with Gasteiger partial charge in [0.2, 0.25) is 0 Å². The van der Waals surface area contributed by atoms with Crippen LogP contribution in [0, 0.1) is 0 Å². The summed E-state index contributed by atoms with van der Waals surface area (Å²) in [5.74, 6) is 0.714. The SMILES string of the molecule is CCNc1cc2ccc(OC(F)F)cc2o1. The van der Waals surface area contributed by atoms with Crippen molar-refractivity contribution in [3.8, 4) is 5.75 Å². The highest BCUT2D eigenvalue weighted by molar-refractivity contribution is 5.82. The van der Waals surface area contributed by atoms with E-state index in [0.717, 1.165) is 11.9 Å². The highest BCUT2D eigenvalue weighted by atomic mass is 19.3. The Kier molecular flexibility index (Phi) is 2.94. The van der Waals surface area contributed by atoms with Crippen LogP contribution < -0.4 is 10.1 Å². The van der Waals surface area contributed by atoms with Crippen molar-refractivity contribution in [2.45, 2.75) is 13.5 Å². The van der Waals surface area contributed by atoms with Crippen LogP contribution in [0.4, 0.5) is 14.7 Å². The second-order valence-electron chi connectivity index (χ2n) is 3.22. The molecule has 0 bridgehead atoms. The molecular weight excluding hydrogens is 216 g/mol. The van der Waals surface area contributed by atoms with E-state index < -0.39 is 6.61 Å². The van der Waals surface area contributed by atoms with Gasteiger partial charge in [-0.2, -0.15) is 8.78 Å². The summed E-state index contributed by atoms with van der Waals surface area (Å²) in [6, 6.07) is 6.42. The van der Waals surface area contributed by atoms with Gasteiger partial charge >= 0.3 is 6.61 Å². The Morgan fingerprint density at radius 1 is 1.38 bits per heavy atom. The van der Waals surface area contributed by atoms with Gasteiger partial charge in [-0.1, -0.05) is 0 Å². The molecule has 0 aliphatic rings. The number of ether oxygens (including phenoxy) is 1. The van der Waals surface area contributed by atoms with E-state index in [0.29, 0.717) is 11.5 Å². The molecule has 0 unspecified atom stereocenters. The third-order valence-electron chi connectivity index (χ3n) is 2.07. The molecule has 0 aliphatic heterocycles. The van der Waals surface area contributed by atoms with E-state index >= 15 is 0 Å². The maximum atomic E-state index is 12.0. The fourth-order valence-electron chi connectivity index (χ4n) is 1.45. The first-order valence-corrected chi connectivity index (χ1v) is 4.91. The number of halogens is 2. The summed E-state index contributed by atoms with van der Waals surface area (Å²) < 4.78 is 33.6. The molecule has 0 aliphatic carbocycles. The minimum Gasteiger partial charge on any atom is -0.441 e. The minimum atomic E-state index is -2.82. The van der Waals surface area contributed by atoms with Crippen LogP contribution in [0.1, 0.15) is 6.92 Å². The third-order valence-corrected chi connectivity index (χ3v) is 2.07. The third kappa shape index (κ3) is 2.24. The number of anilines is 1. The Bertz CT molecular complexity index is 482. The van der Waals surface area contributed by atoms with Crippen LogP contribution >= 0.6 is 0 Å². The standard InChI is InChI=1S/C11H11F2NO2/c1-2-14-10-5-7-3-4-8(15-11(12)13)6-9(7)16-10/h3-6,11,14H,2H2,1H3. The molecule has 1 N–H and O–H groups in total. The van der Waals surface area contributed by atoms with Crippen molar-refractivity contribution in [3.63, 3.8) is 0 Å². The van der Waals surface area contributed by atoms with Gasteiger partial charge in [0.05, 0.1) is 0 Å². The van der Waals surface area contributed by atoms with Crippen molar-refractivity contribution >= 4 is 16.9 Å². The zero-order valence-corrected chi connectivity index (χ0v) is 8.67. The fraction of sp³-hybridized carbons (Fsp3) is 0.273. The first-order chi connectivity index (χ1) is 7.69. The Morgan fingerprint density at radius 2 is 2.19 bits per heavy atom. The molecule has 0 fully saturated rings. The number of hydrogen-bond acceptors (Lipinski definition) is 3. The normalized spacial score (nSPS) is 11.0. The number of alkyl halides is 2. The van der Waals surface area contributed by atoms with E-state index in [1.54, 1.807) is 6.07 Å². The molecular formula is C11H11F2NO2. The van der Waals surface area contributed by atoms with Gasteiger partial charge in [0.15, 0.2) is 5.88 Å². The summed E-state index contributed by atoms with van der Waals surface area (Å²) in [5.41, 5.74) is 0.522. The van der Waals surface area contributed by atoms with E-state index in [4.69, 9.17) is 4.42 Å². The van der Waals surface area contributed by atoms with Crippen molar-refractivity contribution in [2.75, 3.05) is 11.9 Å². The molecule has 2 aromatic rings. The molecule has 16 heavy (non-hydrogen) atoms. The number of fused-ring (bicyclic) bond motifs is 1. The minimum absolute atomic E-state index is 0.0971. The average Bonchev–Trinajstić information content (AvgIpc) is 2.59. The average molecular weight is 227 g/mol. The van der Waals surface area contributed by atoms with Crippen LogP contribution in [-0.2, 0) is 0 Å². The molecule has 1 aromatic carbocycles. The summed E-state index contributed by atoms with van der Waals surface area (Å²) in [4.78, 5) is 0. The van der Waals surface area contributed by atoms with Crippen molar-refractivity contribution < 1.29 is 17.9 Å². The Labute approximate surface area is 91.0 Å². The van der Waals surface area contributed by atoms with E-state index in [2.05, 4.69) is 10.1 Å². The molecule has 0 amide bonds. The topological polar surface area (TPSA) is 34.4 Å². The highest BCUT2D eigenvalue weighted by Crippen LogP contribution is 2.27. The van der Waals surface area contributed by atoms with Gasteiger partial charge < -0.3 is 14.5 Å². The van der Waals surface area contributed by atoms with Gasteiger partial charge in [-0.05, 0) is 19.1 Å². The van der Waals surface area contributed by atoms with Gasteiger partial charge in [-0.15, -0.1) is 0 Å². The van der Waals surface area contributed by atoms with E-state index in [1.165, 1.54) is 12.1 Å². The monoisotopic (exact) mass is 227 g/mol. The van der Waals surface area contributed by atoms with E-state index in [1.807, 2.05) is 13.0 Å². The van der Waals surface area contributed by atoms with Crippen LogP contribution in [0.2, 0.25) is 0 Å². The number of hydrogen-bond donors (Lipinski definition) is 1. The van der Waals surface area contributed by atoms with Crippen molar-refractivity contribution in [3.05, 3.63) is 24.3 Å². The summed E-state index contributed by atoms with van der Waals surface area (Å²) in [5, 5.41) is 3.85. The van der Waals surface area contributed by atoms with E-state index in [-0.39, 0.29) is 5.75 Å². The van der Waals surface area contributed by atoms with Gasteiger partial charge in [-0.25, -0.2) is 0 Å². The predicted molar refractivity (Wildman–Crippen MR) is 57.0 cm³/mol. The zero-order valence-electron chi connectivity index (χ0n) is 8.67. The van der Waals surface area contributed by atoms with Gasteiger partial charge in [-0.3, -0.25) is 0 Å². The van der Waals surface area contributed by atoms with Crippen LogP contribution in [0.15, 0.2) is 28.7 Å². The number of furan rings is 1. The fourth-order valence-corrected chi connectivity index (χ4v) is 1.45. The maximum Gasteiger partial charge on any atom is 0.387 e. The first-order valence-electron chi connectivity index (χ1n) is 4.91. The molecule has 0 radical (unpaired) electrons. The van der Waals surface area contributed by atoms with Crippen LogP contribution in [0.3, 0.4) is 0 Å². The lowest BCUT2D eigenvalue weighted by Crippen LogP contribution is -2.01. The second kappa shape index (κ2) is 4.38. The maximum absolute atomic E-state index is 12.0. The number of benzene rings is 1. The first kappa shape index (κ1) is 10.7. The summed E-state index contributed by atoms with van der Waals surface area (Å²) in [6.07, 6.45) is 0. The largest absolute Gasteiger partial charge is 0.441 e. The Morgan fingerprint density at radius 3 is 2.88 bits per heavy atom. The molecule has 1 aromatic heterocycles. The van der Waals surface area contributed by atoms with Crippen LogP contribution in [0.25, 0.3) is 11.0 Å². The zero-order chi connectivity index (χ0) is 11.5. The molecule has 1 heterocycles. The second-order valence-corrected chi connectivity index (χ2v) is 3.22. The summed E-state index contributed by atoms with van der Waals surface area (Å²) in [6.45, 7) is -0.140. The van der Waals surface area contributed by atoms with Crippen LogP contribution in [0.5, 0.6) is 5.75 Å². The molecule has 5 heteroatoms. The van der Waals surface area contributed by atoms with Crippen molar-refractivity contribution in [1.82, 2.24) is 0 Å². The molecule has 0 spiro atoms. The molecule has 86 valence electrons. The number of rotatable bonds is 4.